The molecule has 0 aliphatic heterocycles. The highest BCUT2D eigenvalue weighted by Gasteiger charge is 2.07. The van der Waals surface area contributed by atoms with Gasteiger partial charge in [0.15, 0.2) is 5.76 Å². The number of nitrogens with zero attached hydrogens (tertiary/aromatic N) is 1. The van der Waals surface area contributed by atoms with E-state index in [0.29, 0.717) is 11.5 Å². The van der Waals surface area contributed by atoms with Gasteiger partial charge in [-0.2, -0.15) is 0 Å². The summed E-state index contributed by atoms with van der Waals surface area (Å²) >= 11 is 1.72. The highest BCUT2D eigenvalue weighted by Crippen LogP contribution is 2.22. The Morgan fingerprint density at radius 3 is 2.74 bits per heavy atom. The second-order valence-electron chi connectivity index (χ2n) is 4.85. The predicted molar refractivity (Wildman–Crippen MR) is 88.4 cm³/mol. The minimum Gasteiger partial charge on any atom is -0.465 e. The zero-order chi connectivity index (χ0) is 16.1. The van der Waals surface area contributed by atoms with Gasteiger partial charge in [-0.25, -0.2) is 4.79 Å². The fourth-order valence-electron chi connectivity index (χ4n) is 2.06. The maximum Gasteiger partial charge on any atom is 0.405 e. The average Bonchev–Trinajstić information content (AvgIpc) is 3.23. The number of amides is 1. The van der Waals surface area contributed by atoms with Crippen molar-refractivity contribution in [1.29, 1.82) is 0 Å². The van der Waals surface area contributed by atoms with Gasteiger partial charge in [0.1, 0.15) is 5.69 Å². The van der Waals surface area contributed by atoms with Crippen LogP contribution in [0.25, 0.3) is 11.3 Å². The third-order valence-corrected chi connectivity index (χ3v) is 4.08. The van der Waals surface area contributed by atoms with Crippen molar-refractivity contribution in [1.82, 2.24) is 10.5 Å². The van der Waals surface area contributed by atoms with Crippen molar-refractivity contribution < 1.29 is 14.4 Å². The fraction of sp³-hybridized carbons (Fsp3) is 0.125. The monoisotopic (exact) mass is 329 g/mol. The molecular formula is C16H15N3O3S. The number of benzene rings is 1. The molecule has 6 nitrogen and oxygen atoms in total. The molecule has 0 spiro atoms. The van der Waals surface area contributed by atoms with E-state index in [1.807, 2.05) is 30.3 Å². The van der Waals surface area contributed by atoms with Gasteiger partial charge in [-0.1, -0.05) is 23.4 Å². The van der Waals surface area contributed by atoms with Crippen LogP contribution in [0.5, 0.6) is 0 Å². The zero-order valence-electron chi connectivity index (χ0n) is 12.2. The Bertz CT molecular complexity index is 766. The van der Waals surface area contributed by atoms with Gasteiger partial charge in [0.25, 0.3) is 0 Å². The summed E-state index contributed by atoms with van der Waals surface area (Å²) in [5, 5.41) is 20.2. The number of hydrogen-bond acceptors (Lipinski definition) is 5. The first-order valence-electron chi connectivity index (χ1n) is 7.00. The van der Waals surface area contributed by atoms with E-state index in [4.69, 9.17) is 9.63 Å². The molecule has 2 heterocycles. The van der Waals surface area contributed by atoms with E-state index in [1.54, 1.807) is 17.4 Å². The first-order chi connectivity index (χ1) is 11.2. The van der Waals surface area contributed by atoms with Gasteiger partial charge >= 0.3 is 6.09 Å². The van der Waals surface area contributed by atoms with Crippen molar-refractivity contribution in [3.8, 4) is 11.3 Å². The molecule has 1 aromatic carbocycles. The highest BCUT2D eigenvalue weighted by molar-refractivity contribution is 7.09. The number of thiophene rings is 1. The van der Waals surface area contributed by atoms with Gasteiger partial charge in [-0.05, 0) is 23.6 Å². The summed E-state index contributed by atoms with van der Waals surface area (Å²) in [4.78, 5) is 11.7. The van der Waals surface area contributed by atoms with Crippen molar-refractivity contribution in [3.05, 3.63) is 58.5 Å². The molecule has 0 unspecified atom stereocenters. The maximum atomic E-state index is 10.5. The van der Waals surface area contributed by atoms with Crippen molar-refractivity contribution in [2.24, 2.45) is 0 Å². The molecule has 0 radical (unpaired) electrons. The molecule has 3 aromatic rings. The maximum absolute atomic E-state index is 10.5. The van der Waals surface area contributed by atoms with Crippen LogP contribution in [0.4, 0.5) is 10.5 Å². The number of aromatic nitrogens is 1. The lowest BCUT2D eigenvalue weighted by Gasteiger charge is -2.05. The predicted octanol–water partition coefficient (Wildman–Crippen LogP) is 3.78. The second-order valence-corrected chi connectivity index (χ2v) is 5.88. The van der Waals surface area contributed by atoms with Crippen molar-refractivity contribution in [2.45, 2.75) is 13.1 Å². The SMILES string of the molecule is O=C(O)NCc1cc(-c2ccc(NCc3cccs3)cc2)no1. The molecule has 0 atom stereocenters. The van der Waals surface area contributed by atoms with E-state index in [-0.39, 0.29) is 6.54 Å². The smallest absolute Gasteiger partial charge is 0.405 e. The number of nitrogens with one attached hydrogen (secondary N) is 2. The van der Waals surface area contributed by atoms with Gasteiger partial charge in [0, 0.05) is 28.7 Å². The van der Waals surface area contributed by atoms with E-state index in [9.17, 15) is 4.79 Å². The molecule has 2 aromatic heterocycles. The normalized spacial score (nSPS) is 10.4. The second kappa shape index (κ2) is 6.97. The molecule has 23 heavy (non-hydrogen) atoms. The summed E-state index contributed by atoms with van der Waals surface area (Å²) in [5.74, 6) is 0.474. The molecule has 1 amide bonds. The number of hydrogen-bond donors (Lipinski definition) is 3. The Balaban J connectivity index is 1.61. The summed E-state index contributed by atoms with van der Waals surface area (Å²) in [6, 6.07) is 13.7. The number of rotatable bonds is 6. The minimum absolute atomic E-state index is 0.1000. The van der Waals surface area contributed by atoms with Crippen molar-refractivity contribution in [2.75, 3.05) is 5.32 Å². The highest BCUT2D eigenvalue weighted by atomic mass is 32.1. The number of carboxylic acid groups (broad SMARTS) is 1. The summed E-state index contributed by atoms with van der Waals surface area (Å²) in [5.41, 5.74) is 2.62. The molecule has 0 saturated carbocycles. The summed E-state index contributed by atoms with van der Waals surface area (Å²) in [7, 11) is 0. The van der Waals surface area contributed by atoms with Crippen LogP contribution in [0.15, 0.2) is 52.4 Å². The van der Waals surface area contributed by atoms with Crippen LogP contribution in [0.1, 0.15) is 10.6 Å². The number of carbonyl (C=O) groups is 1. The molecule has 0 fully saturated rings. The van der Waals surface area contributed by atoms with E-state index >= 15 is 0 Å². The molecule has 3 rings (SSSR count). The Morgan fingerprint density at radius 1 is 1.22 bits per heavy atom. The van der Waals surface area contributed by atoms with Crippen molar-refractivity contribution >= 4 is 23.1 Å². The quantitative estimate of drug-likeness (QED) is 0.640. The van der Waals surface area contributed by atoms with Gasteiger partial charge in [-0.15, -0.1) is 11.3 Å². The van der Waals surface area contributed by atoms with Crippen LogP contribution in [0, 0.1) is 0 Å². The third-order valence-electron chi connectivity index (χ3n) is 3.20. The molecule has 0 aliphatic carbocycles. The van der Waals surface area contributed by atoms with E-state index in [1.165, 1.54) is 4.88 Å². The van der Waals surface area contributed by atoms with Crippen LogP contribution < -0.4 is 10.6 Å². The van der Waals surface area contributed by atoms with Gasteiger partial charge in [0.05, 0.1) is 6.54 Å². The molecule has 7 heteroatoms. The van der Waals surface area contributed by atoms with Crippen LogP contribution in [0.2, 0.25) is 0 Å². The van der Waals surface area contributed by atoms with Crippen LogP contribution in [-0.2, 0) is 13.1 Å². The van der Waals surface area contributed by atoms with Crippen LogP contribution >= 0.6 is 11.3 Å². The lowest BCUT2D eigenvalue weighted by molar-refractivity contribution is 0.192. The Hall–Kier alpha value is -2.80. The third kappa shape index (κ3) is 4.10. The Kier molecular flexibility index (Phi) is 4.58. The summed E-state index contributed by atoms with van der Waals surface area (Å²) in [6.45, 7) is 0.898. The lowest BCUT2D eigenvalue weighted by Crippen LogP contribution is -2.19. The molecule has 118 valence electrons. The minimum atomic E-state index is -1.09. The first-order valence-corrected chi connectivity index (χ1v) is 7.88. The average molecular weight is 329 g/mol. The largest absolute Gasteiger partial charge is 0.465 e. The van der Waals surface area contributed by atoms with Gasteiger partial charge < -0.3 is 20.3 Å². The molecule has 0 bridgehead atoms. The van der Waals surface area contributed by atoms with Gasteiger partial charge in [-0.3, -0.25) is 0 Å². The zero-order valence-corrected chi connectivity index (χ0v) is 13.0. The van der Waals surface area contributed by atoms with Crippen LogP contribution in [-0.4, -0.2) is 16.4 Å². The lowest BCUT2D eigenvalue weighted by atomic mass is 10.1. The number of anilines is 1. The fourth-order valence-corrected chi connectivity index (χ4v) is 2.70. The van der Waals surface area contributed by atoms with E-state index in [2.05, 4.69) is 27.2 Å². The standard InChI is InChI=1S/C16H15N3O3S/c20-16(21)18-9-13-8-15(19-22-13)11-3-5-12(6-4-11)17-10-14-2-1-7-23-14/h1-8,17-18H,9-10H2,(H,20,21). The Morgan fingerprint density at radius 2 is 2.04 bits per heavy atom. The van der Waals surface area contributed by atoms with Crippen molar-refractivity contribution in [3.63, 3.8) is 0 Å². The van der Waals surface area contributed by atoms with Crippen LogP contribution in [0.3, 0.4) is 0 Å². The first kappa shape index (κ1) is 15.1. The molecular weight excluding hydrogens is 314 g/mol. The Labute approximate surface area is 136 Å². The molecule has 0 saturated heterocycles. The summed E-state index contributed by atoms with van der Waals surface area (Å²) in [6.07, 6.45) is -1.09. The van der Waals surface area contributed by atoms with Gasteiger partial charge in [0.2, 0.25) is 0 Å². The topological polar surface area (TPSA) is 87.4 Å². The van der Waals surface area contributed by atoms with E-state index in [0.717, 1.165) is 17.8 Å². The van der Waals surface area contributed by atoms with E-state index < -0.39 is 6.09 Å². The molecule has 0 aliphatic rings. The molecule has 3 N–H and O–H groups in total. The summed E-state index contributed by atoms with van der Waals surface area (Å²) < 4.78 is 5.11.